The van der Waals surface area contributed by atoms with Crippen LogP contribution in [0, 0.1) is 34.5 Å². The molecular formula is C32H38N2O5. The topological polar surface area (TPSA) is 75.0 Å². The molecule has 1 N–H and O–H groups in total. The lowest BCUT2D eigenvalue weighted by atomic mass is 9.45. The van der Waals surface area contributed by atoms with Crippen molar-refractivity contribution in [3.05, 3.63) is 65.0 Å². The number of aliphatic hydroxyl groups is 1. The quantitative estimate of drug-likeness (QED) is 0.567. The predicted octanol–water partition coefficient (Wildman–Crippen LogP) is 4.88. The van der Waals surface area contributed by atoms with Gasteiger partial charge in [-0.3, -0.25) is 0 Å². The van der Waals surface area contributed by atoms with E-state index in [-0.39, 0.29) is 42.2 Å². The molecule has 2 saturated carbocycles. The second kappa shape index (κ2) is 7.92. The van der Waals surface area contributed by atoms with Gasteiger partial charge in [0.2, 0.25) is 5.79 Å². The molecule has 1 unspecified atom stereocenters. The van der Waals surface area contributed by atoms with Crippen LogP contribution in [-0.4, -0.2) is 52.6 Å². The minimum Gasteiger partial charge on any atom is -0.393 e. The number of rotatable bonds is 1. The van der Waals surface area contributed by atoms with Crippen molar-refractivity contribution in [2.45, 2.75) is 64.4 Å². The van der Waals surface area contributed by atoms with Gasteiger partial charge in [0.05, 0.1) is 23.7 Å². The predicted molar refractivity (Wildman–Crippen MR) is 144 cm³/mol. The summed E-state index contributed by atoms with van der Waals surface area (Å²) in [5.41, 5.74) is 4.97. The third kappa shape index (κ3) is 2.83. The maximum atomic E-state index is 12.2. The van der Waals surface area contributed by atoms with Gasteiger partial charge in [0, 0.05) is 16.7 Å². The molecular weight excluding hydrogens is 492 g/mol. The van der Waals surface area contributed by atoms with Crippen LogP contribution < -0.4 is 0 Å². The fraction of sp³-hybridized carbons (Fsp3) is 0.594. The van der Waals surface area contributed by atoms with Crippen LogP contribution in [0.3, 0.4) is 0 Å². The summed E-state index contributed by atoms with van der Waals surface area (Å²) in [6.45, 7) is 10.0. The van der Waals surface area contributed by atoms with E-state index in [4.69, 9.17) is 24.0 Å². The van der Waals surface area contributed by atoms with E-state index in [1.54, 1.807) is 0 Å². The zero-order valence-electron chi connectivity index (χ0n) is 23.2. The highest BCUT2D eigenvalue weighted by Gasteiger charge is 2.79. The SMILES string of the molecule is CC1=C[C@@H]2[C@H]([C@@H](O)C[C@@]3(C)[C@H]2C[C@@H](C)[C@@]32OCOC23COCO3)[C@@]2(C)Cc3cnn(-c4ccccc4)c3C=C12. The maximum Gasteiger partial charge on any atom is 0.227 e. The van der Waals surface area contributed by atoms with Gasteiger partial charge in [-0.2, -0.15) is 5.10 Å². The summed E-state index contributed by atoms with van der Waals surface area (Å²) in [5.74, 6) is -0.0119. The van der Waals surface area contributed by atoms with Gasteiger partial charge in [-0.15, -0.1) is 0 Å². The third-order valence-corrected chi connectivity index (χ3v) is 11.7. The first kappa shape index (κ1) is 24.5. The van der Waals surface area contributed by atoms with E-state index in [1.165, 1.54) is 16.7 Å². The number of para-hydroxylation sites is 1. The summed E-state index contributed by atoms with van der Waals surface area (Å²) < 4.78 is 26.8. The second-order valence-corrected chi connectivity index (χ2v) is 13.3. The van der Waals surface area contributed by atoms with Crippen LogP contribution in [0.1, 0.15) is 51.8 Å². The van der Waals surface area contributed by atoms with E-state index in [2.05, 4.69) is 68.8 Å². The van der Waals surface area contributed by atoms with Gasteiger partial charge in [-0.05, 0) is 73.3 Å². The maximum absolute atomic E-state index is 12.2. The van der Waals surface area contributed by atoms with Crippen molar-refractivity contribution in [2.24, 2.45) is 34.5 Å². The summed E-state index contributed by atoms with van der Waals surface area (Å²) in [7, 11) is 0. The minimum absolute atomic E-state index is 0.111. The molecule has 4 fully saturated rings. The highest BCUT2D eigenvalue weighted by atomic mass is 16.9. The van der Waals surface area contributed by atoms with Crippen LogP contribution in [0.15, 0.2) is 53.8 Å². The molecule has 2 aromatic rings. The normalized spacial score (nSPS) is 46.0. The first-order valence-electron chi connectivity index (χ1n) is 14.5. The number of fused-ring (bicyclic) bond motifs is 8. The molecule has 206 valence electrons. The molecule has 2 saturated heterocycles. The zero-order valence-corrected chi connectivity index (χ0v) is 23.2. The zero-order chi connectivity index (χ0) is 26.8. The van der Waals surface area contributed by atoms with Gasteiger partial charge >= 0.3 is 0 Å². The van der Waals surface area contributed by atoms with E-state index in [9.17, 15) is 5.11 Å². The van der Waals surface area contributed by atoms with Gasteiger partial charge < -0.3 is 24.1 Å². The molecule has 6 aliphatic rings. The van der Waals surface area contributed by atoms with Gasteiger partial charge in [0.15, 0.2) is 13.6 Å². The number of allylic oxidation sites excluding steroid dienone is 3. The molecule has 0 amide bonds. The number of hydrogen-bond donors (Lipinski definition) is 1. The number of hydrogen-bond acceptors (Lipinski definition) is 6. The van der Waals surface area contributed by atoms with Gasteiger partial charge in [0.1, 0.15) is 12.2 Å². The van der Waals surface area contributed by atoms with E-state index < -0.39 is 17.5 Å². The Labute approximate surface area is 229 Å². The van der Waals surface area contributed by atoms with E-state index >= 15 is 0 Å². The van der Waals surface area contributed by atoms with Gasteiger partial charge in [-0.1, -0.05) is 50.6 Å². The van der Waals surface area contributed by atoms with Gasteiger partial charge in [-0.25, -0.2) is 4.68 Å². The number of aliphatic hydroxyl groups excluding tert-OH is 1. The van der Waals surface area contributed by atoms with E-state index in [0.717, 1.165) is 24.2 Å². The first-order chi connectivity index (χ1) is 18.7. The van der Waals surface area contributed by atoms with Crippen molar-refractivity contribution in [3.63, 3.8) is 0 Å². The van der Waals surface area contributed by atoms with Crippen LogP contribution in [-0.2, 0) is 25.4 Å². The van der Waals surface area contributed by atoms with Gasteiger partial charge in [0.25, 0.3) is 0 Å². The van der Waals surface area contributed by atoms with E-state index in [1.807, 2.05) is 12.3 Å². The Hall–Kier alpha value is -2.29. The summed E-state index contributed by atoms with van der Waals surface area (Å²) in [5, 5.41) is 17.0. The van der Waals surface area contributed by atoms with Crippen LogP contribution in [0.5, 0.6) is 0 Å². The lowest BCUT2D eigenvalue weighted by molar-refractivity contribution is -0.264. The lowest BCUT2D eigenvalue weighted by Gasteiger charge is -2.61. The Balaban J connectivity index is 1.24. The van der Waals surface area contributed by atoms with E-state index in [0.29, 0.717) is 18.9 Å². The Morgan fingerprint density at radius 2 is 1.87 bits per heavy atom. The molecule has 39 heavy (non-hydrogen) atoms. The standard InChI is InChI=1S/C32H38N2O5/c1-19-10-23-25-11-20(2)32(31(38-18-39-32)16-36-17-37-31)30(25,4)14-27(35)28(23)29(3)13-21-15-33-34(26(21)12-24(19)29)22-8-6-5-7-9-22/h5-10,12,15,20,23,25,27-28,35H,11,13-14,16-18H2,1-4H3/t20-,23+,25+,27+,28-,29+,30+,31?,32-/m1/s1. The summed E-state index contributed by atoms with van der Waals surface area (Å²) in [4.78, 5) is 0. The van der Waals surface area contributed by atoms with Crippen molar-refractivity contribution in [1.82, 2.24) is 9.78 Å². The molecule has 1 aromatic heterocycles. The summed E-state index contributed by atoms with van der Waals surface area (Å²) in [6, 6.07) is 10.3. The highest BCUT2D eigenvalue weighted by molar-refractivity contribution is 5.67. The number of aromatic nitrogens is 2. The molecule has 0 bridgehead atoms. The minimum atomic E-state index is -0.906. The largest absolute Gasteiger partial charge is 0.393 e. The highest BCUT2D eigenvalue weighted by Crippen LogP contribution is 2.72. The molecule has 8 rings (SSSR count). The number of ether oxygens (including phenoxy) is 4. The lowest BCUT2D eigenvalue weighted by Crippen LogP contribution is -2.67. The Bertz CT molecular complexity index is 1390. The molecule has 4 aliphatic carbocycles. The molecule has 2 aliphatic heterocycles. The molecule has 1 aromatic carbocycles. The Kier molecular flexibility index (Phi) is 4.97. The molecule has 0 radical (unpaired) electrons. The summed E-state index contributed by atoms with van der Waals surface area (Å²) in [6.07, 6.45) is 8.89. The molecule has 9 atom stereocenters. The Morgan fingerprint density at radius 1 is 1.08 bits per heavy atom. The third-order valence-electron chi connectivity index (χ3n) is 11.7. The average molecular weight is 531 g/mol. The molecule has 7 nitrogen and oxygen atoms in total. The average Bonchev–Trinajstić information content (AvgIpc) is 3.68. The van der Waals surface area contributed by atoms with Crippen LogP contribution >= 0.6 is 0 Å². The molecule has 3 heterocycles. The first-order valence-corrected chi connectivity index (χ1v) is 14.5. The van der Waals surface area contributed by atoms with Crippen molar-refractivity contribution >= 4 is 6.08 Å². The van der Waals surface area contributed by atoms with Crippen molar-refractivity contribution < 1.29 is 24.1 Å². The number of benzene rings is 1. The molecule has 2 spiro atoms. The smallest absolute Gasteiger partial charge is 0.227 e. The fourth-order valence-electron chi connectivity index (χ4n) is 10.4. The van der Waals surface area contributed by atoms with Crippen LogP contribution in [0.2, 0.25) is 0 Å². The van der Waals surface area contributed by atoms with Crippen LogP contribution in [0.4, 0.5) is 0 Å². The second-order valence-electron chi connectivity index (χ2n) is 13.3. The van der Waals surface area contributed by atoms with Crippen molar-refractivity contribution in [2.75, 3.05) is 20.2 Å². The van der Waals surface area contributed by atoms with Crippen molar-refractivity contribution in [3.8, 4) is 5.69 Å². The Morgan fingerprint density at radius 3 is 2.64 bits per heavy atom. The van der Waals surface area contributed by atoms with Crippen molar-refractivity contribution in [1.29, 1.82) is 0 Å². The number of nitrogens with zero attached hydrogens (tertiary/aromatic N) is 2. The van der Waals surface area contributed by atoms with Crippen LogP contribution in [0.25, 0.3) is 11.8 Å². The molecule has 7 heteroatoms. The fourth-order valence-corrected chi connectivity index (χ4v) is 10.4. The monoisotopic (exact) mass is 530 g/mol. The summed E-state index contributed by atoms with van der Waals surface area (Å²) >= 11 is 0.